The van der Waals surface area contributed by atoms with Crippen LogP contribution in [0.25, 0.3) is 10.1 Å². The van der Waals surface area contributed by atoms with Crippen LogP contribution in [-0.2, 0) is 12.3 Å². The van der Waals surface area contributed by atoms with E-state index in [1.54, 1.807) is 11.3 Å². The zero-order valence-electron chi connectivity index (χ0n) is 7.81. The van der Waals surface area contributed by atoms with E-state index < -0.39 is 0 Å². The molecule has 0 nitrogen and oxygen atoms in total. The SMILES string of the molecule is CCc1c(CCl)c(Br)cc2sccc12. The quantitative estimate of drug-likeness (QED) is 0.685. The van der Waals surface area contributed by atoms with Gasteiger partial charge in [0.15, 0.2) is 0 Å². The Morgan fingerprint density at radius 2 is 2.21 bits per heavy atom. The number of rotatable bonds is 2. The van der Waals surface area contributed by atoms with Gasteiger partial charge in [0.05, 0.1) is 0 Å². The molecule has 0 fully saturated rings. The smallest absolute Gasteiger partial charge is 0.0488 e. The molecule has 1 aromatic carbocycles. The molecule has 1 aromatic heterocycles. The number of halogens is 2. The minimum Gasteiger partial charge on any atom is -0.144 e. The molecule has 0 saturated carbocycles. The van der Waals surface area contributed by atoms with Crippen molar-refractivity contribution in [2.75, 3.05) is 0 Å². The van der Waals surface area contributed by atoms with Gasteiger partial charge in [0.1, 0.15) is 0 Å². The van der Waals surface area contributed by atoms with Gasteiger partial charge in [-0.2, -0.15) is 0 Å². The second-order valence-electron chi connectivity index (χ2n) is 3.14. The van der Waals surface area contributed by atoms with Crippen LogP contribution in [-0.4, -0.2) is 0 Å². The van der Waals surface area contributed by atoms with Crippen molar-refractivity contribution in [3.8, 4) is 0 Å². The number of hydrogen-bond donors (Lipinski definition) is 0. The zero-order valence-corrected chi connectivity index (χ0v) is 11.0. The van der Waals surface area contributed by atoms with Crippen molar-refractivity contribution in [2.24, 2.45) is 0 Å². The van der Waals surface area contributed by atoms with E-state index in [0.29, 0.717) is 5.88 Å². The average Bonchev–Trinajstić information content (AvgIpc) is 2.62. The maximum absolute atomic E-state index is 5.96. The van der Waals surface area contributed by atoms with Crippen LogP contribution in [0.1, 0.15) is 18.1 Å². The monoisotopic (exact) mass is 288 g/mol. The van der Waals surface area contributed by atoms with E-state index in [2.05, 4.69) is 40.4 Å². The molecule has 0 atom stereocenters. The highest BCUT2D eigenvalue weighted by atomic mass is 79.9. The van der Waals surface area contributed by atoms with E-state index in [4.69, 9.17) is 11.6 Å². The second-order valence-corrected chi connectivity index (χ2v) is 5.20. The number of alkyl halides is 1. The summed E-state index contributed by atoms with van der Waals surface area (Å²) >= 11 is 11.3. The van der Waals surface area contributed by atoms with Gasteiger partial charge < -0.3 is 0 Å². The minimum atomic E-state index is 0.579. The molecule has 0 amide bonds. The Morgan fingerprint density at radius 3 is 2.86 bits per heavy atom. The summed E-state index contributed by atoms with van der Waals surface area (Å²) in [6.07, 6.45) is 1.04. The largest absolute Gasteiger partial charge is 0.144 e. The van der Waals surface area contributed by atoms with Crippen LogP contribution in [0.3, 0.4) is 0 Å². The highest BCUT2D eigenvalue weighted by molar-refractivity contribution is 9.10. The third-order valence-electron chi connectivity index (χ3n) is 2.42. The lowest BCUT2D eigenvalue weighted by atomic mass is 10.0. The summed E-state index contributed by atoms with van der Waals surface area (Å²) in [4.78, 5) is 0. The maximum Gasteiger partial charge on any atom is 0.0488 e. The third kappa shape index (κ3) is 1.60. The van der Waals surface area contributed by atoms with E-state index in [1.807, 2.05) is 0 Å². The molecule has 2 rings (SSSR count). The molecule has 74 valence electrons. The fourth-order valence-electron chi connectivity index (χ4n) is 1.74. The van der Waals surface area contributed by atoms with Gasteiger partial charge in [0, 0.05) is 15.1 Å². The summed E-state index contributed by atoms with van der Waals surface area (Å²) < 4.78 is 2.47. The fraction of sp³-hybridized carbons (Fsp3) is 0.273. The summed E-state index contributed by atoms with van der Waals surface area (Å²) in [5.74, 6) is 0.579. The van der Waals surface area contributed by atoms with Gasteiger partial charge >= 0.3 is 0 Å². The number of fused-ring (bicyclic) bond motifs is 1. The van der Waals surface area contributed by atoms with Gasteiger partial charge in [0.2, 0.25) is 0 Å². The molecule has 0 aliphatic rings. The summed E-state index contributed by atoms with van der Waals surface area (Å²) in [6.45, 7) is 2.18. The predicted octanol–water partition coefficient (Wildman–Crippen LogP) is 4.97. The van der Waals surface area contributed by atoms with Crippen LogP contribution >= 0.6 is 38.9 Å². The molecule has 0 aliphatic carbocycles. The summed E-state index contributed by atoms with van der Waals surface area (Å²) in [7, 11) is 0. The van der Waals surface area contributed by atoms with E-state index in [1.165, 1.54) is 21.2 Å². The van der Waals surface area contributed by atoms with Crippen molar-refractivity contribution in [3.05, 3.63) is 33.1 Å². The molecule has 0 saturated heterocycles. The Morgan fingerprint density at radius 1 is 1.43 bits per heavy atom. The summed E-state index contributed by atoms with van der Waals surface area (Å²) in [5.41, 5.74) is 2.62. The lowest BCUT2D eigenvalue weighted by Crippen LogP contribution is -1.91. The normalized spacial score (nSPS) is 11.1. The Kier molecular flexibility index (Phi) is 3.15. The standard InChI is InChI=1S/C11H10BrClS/c1-2-7-8-3-4-14-11(8)5-10(12)9(7)6-13/h3-5H,2,6H2,1H3. The lowest BCUT2D eigenvalue weighted by molar-refractivity contribution is 1.11. The van der Waals surface area contributed by atoms with E-state index in [0.717, 1.165) is 10.9 Å². The van der Waals surface area contributed by atoms with Gasteiger partial charge in [-0.3, -0.25) is 0 Å². The number of thiophene rings is 1. The van der Waals surface area contributed by atoms with Crippen molar-refractivity contribution in [2.45, 2.75) is 19.2 Å². The number of aryl methyl sites for hydroxylation is 1. The molecule has 14 heavy (non-hydrogen) atoms. The average molecular weight is 290 g/mol. The van der Waals surface area contributed by atoms with Crippen molar-refractivity contribution in [1.82, 2.24) is 0 Å². The first kappa shape index (κ1) is 10.5. The number of hydrogen-bond acceptors (Lipinski definition) is 1. The Balaban J connectivity index is 2.82. The van der Waals surface area contributed by atoms with Crippen molar-refractivity contribution in [3.63, 3.8) is 0 Å². The minimum absolute atomic E-state index is 0.579. The molecule has 3 heteroatoms. The van der Waals surface area contributed by atoms with Crippen molar-refractivity contribution < 1.29 is 0 Å². The van der Waals surface area contributed by atoms with E-state index in [-0.39, 0.29) is 0 Å². The van der Waals surface area contributed by atoms with Crippen molar-refractivity contribution >= 4 is 49.0 Å². The summed E-state index contributed by atoms with van der Waals surface area (Å²) in [5, 5.41) is 3.49. The summed E-state index contributed by atoms with van der Waals surface area (Å²) in [6, 6.07) is 4.35. The maximum atomic E-state index is 5.96. The van der Waals surface area contributed by atoms with Gasteiger partial charge in [0.25, 0.3) is 0 Å². The molecule has 1 heterocycles. The van der Waals surface area contributed by atoms with Gasteiger partial charge in [-0.1, -0.05) is 22.9 Å². The fourth-order valence-corrected chi connectivity index (χ4v) is 3.82. The Labute approximate surface area is 101 Å². The molecule has 0 aliphatic heterocycles. The lowest BCUT2D eigenvalue weighted by Gasteiger charge is -2.09. The molecule has 0 bridgehead atoms. The van der Waals surface area contributed by atoms with Gasteiger partial charge in [-0.25, -0.2) is 0 Å². The topological polar surface area (TPSA) is 0 Å². The molecule has 0 radical (unpaired) electrons. The highest BCUT2D eigenvalue weighted by Gasteiger charge is 2.10. The van der Waals surface area contributed by atoms with Crippen LogP contribution in [0, 0.1) is 0 Å². The first-order valence-electron chi connectivity index (χ1n) is 4.51. The zero-order chi connectivity index (χ0) is 10.1. The first-order chi connectivity index (χ1) is 6.77. The predicted molar refractivity (Wildman–Crippen MR) is 68.5 cm³/mol. The van der Waals surface area contributed by atoms with Crippen molar-refractivity contribution in [1.29, 1.82) is 0 Å². The van der Waals surface area contributed by atoms with Gasteiger partial charge in [-0.05, 0) is 40.4 Å². The van der Waals surface area contributed by atoms with Crippen LogP contribution in [0.15, 0.2) is 22.0 Å². The molecular weight excluding hydrogens is 280 g/mol. The van der Waals surface area contributed by atoms with Crippen LogP contribution in [0.4, 0.5) is 0 Å². The van der Waals surface area contributed by atoms with Crippen LogP contribution in [0.2, 0.25) is 0 Å². The Hall–Kier alpha value is -0.0500. The molecule has 2 aromatic rings. The third-order valence-corrected chi connectivity index (χ3v) is 4.26. The second kappa shape index (κ2) is 4.21. The Bertz CT molecular complexity index is 462. The van der Waals surface area contributed by atoms with Crippen LogP contribution in [0.5, 0.6) is 0 Å². The molecule has 0 N–H and O–H groups in total. The highest BCUT2D eigenvalue weighted by Crippen LogP contribution is 2.33. The number of benzene rings is 1. The first-order valence-corrected chi connectivity index (χ1v) is 6.72. The van der Waals surface area contributed by atoms with E-state index in [9.17, 15) is 0 Å². The molecule has 0 spiro atoms. The van der Waals surface area contributed by atoms with E-state index >= 15 is 0 Å². The molecular formula is C11H10BrClS. The van der Waals surface area contributed by atoms with Gasteiger partial charge in [-0.15, -0.1) is 22.9 Å². The molecule has 0 unspecified atom stereocenters. The van der Waals surface area contributed by atoms with Crippen LogP contribution < -0.4 is 0 Å².